The number of carbonyl (C=O) groups is 2. The van der Waals surface area contributed by atoms with Crippen LogP contribution in [0.5, 0.6) is 0 Å². The number of aromatic nitrogens is 1. The van der Waals surface area contributed by atoms with E-state index in [1.165, 1.54) is 11.1 Å². The van der Waals surface area contributed by atoms with Gasteiger partial charge in [0.25, 0.3) is 11.7 Å². The molecule has 1 aliphatic heterocycles. The molecule has 5 heteroatoms. The van der Waals surface area contributed by atoms with Crippen LogP contribution in [0.15, 0.2) is 36.7 Å². The second-order valence-corrected chi connectivity index (χ2v) is 5.12. The van der Waals surface area contributed by atoms with Crippen LogP contribution in [0, 0.1) is 6.92 Å². The van der Waals surface area contributed by atoms with Gasteiger partial charge in [0, 0.05) is 12.4 Å². The molecule has 0 saturated carbocycles. The Balaban J connectivity index is 2.02. The molecule has 1 aromatic carbocycles. The number of hydrogen-bond acceptors (Lipinski definition) is 3. The highest BCUT2D eigenvalue weighted by atomic mass is 35.5. The molecule has 0 radical (unpaired) electrons. The third kappa shape index (κ3) is 1.98. The Labute approximate surface area is 121 Å². The van der Waals surface area contributed by atoms with Gasteiger partial charge in [0.2, 0.25) is 0 Å². The maximum atomic E-state index is 12.1. The molecular weight excluding hydrogens is 276 g/mol. The molecule has 2 aromatic rings. The second-order valence-electron chi connectivity index (χ2n) is 4.71. The predicted octanol–water partition coefficient (Wildman–Crippen LogP) is 2.77. The molecule has 2 heterocycles. The van der Waals surface area contributed by atoms with Crippen molar-refractivity contribution in [2.75, 3.05) is 4.90 Å². The number of hydrogen-bond donors (Lipinski definition) is 0. The van der Waals surface area contributed by atoms with E-state index in [9.17, 15) is 9.59 Å². The number of aryl methyl sites for hydroxylation is 1. The number of amides is 1. The summed E-state index contributed by atoms with van der Waals surface area (Å²) in [5.74, 6) is -0.979. The van der Waals surface area contributed by atoms with Crippen molar-refractivity contribution in [2.45, 2.75) is 13.5 Å². The smallest absolute Gasteiger partial charge is 0.299 e. The van der Waals surface area contributed by atoms with Gasteiger partial charge in [-0.05, 0) is 30.7 Å². The fraction of sp³-hybridized carbons (Fsp3) is 0.133. The first-order chi connectivity index (χ1) is 9.58. The van der Waals surface area contributed by atoms with E-state index in [0.717, 1.165) is 11.1 Å². The fourth-order valence-corrected chi connectivity index (χ4v) is 2.45. The van der Waals surface area contributed by atoms with Crippen LogP contribution in [0.4, 0.5) is 5.69 Å². The van der Waals surface area contributed by atoms with Crippen LogP contribution in [-0.4, -0.2) is 16.7 Å². The fourth-order valence-electron chi connectivity index (χ4n) is 2.27. The van der Waals surface area contributed by atoms with Gasteiger partial charge in [0.1, 0.15) is 0 Å². The van der Waals surface area contributed by atoms with Gasteiger partial charge in [-0.1, -0.05) is 23.2 Å². The summed E-state index contributed by atoms with van der Waals surface area (Å²) in [5.41, 5.74) is 2.81. The zero-order valence-corrected chi connectivity index (χ0v) is 11.5. The Morgan fingerprint density at radius 2 is 2.05 bits per heavy atom. The summed E-state index contributed by atoms with van der Waals surface area (Å²) in [6.07, 6.45) is 3.13. The summed E-state index contributed by atoms with van der Waals surface area (Å²) in [4.78, 5) is 29.5. The molecule has 1 amide bonds. The molecule has 0 saturated heterocycles. The van der Waals surface area contributed by atoms with Crippen LogP contribution in [0.25, 0.3) is 0 Å². The predicted molar refractivity (Wildman–Crippen MR) is 75.9 cm³/mol. The van der Waals surface area contributed by atoms with Crippen molar-refractivity contribution in [3.8, 4) is 0 Å². The van der Waals surface area contributed by atoms with Gasteiger partial charge < -0.3 is 4.90 Å². The van der Waals surface area contributed by atoms with Crippen molar-refractivity contribution in [1.82, 2.24) is 4.98 Å². The van der Waals surface area contributed by atoms with Gasteiger partial charge >= 0.3 is 0 Å². The largest absolute Gasteiger partial charge is 0.300 e. The van der Waals surface area contributed by atoms with E-state index < -0.39 is 11.7 Å². The number of halogens is 1. The van der Waals surface area contributed by atoms with E-state index in [4.69, 9.17) is 11.6 Å². The lowest BCUT2D eigenvalue weighted by atomic mass is 10.1. The highest BCUT2D eigenvalue weighted by Gasteiger charge is 2.35. The van der Waals surface area contributed by atoms with Crippen LogP contribution < -0.4 is 4.90 Å². The molecule has 0 unspecified atom stereocenters. The maximum Gasteiger partial charge on any atom is 0.299 e. The minimum absolute atomic E-state index is 0.266. The third-order valence-corrected chi connectivity index (χ3v) is 3.65. The molecule has 0 N–H and O–H groups in total. The highest BCUT2D eigenvalue weighted by Crippen LogP contribution is 2.31. The van der Waals surface area contributed by atoms with Gasteiger partial charge in [-0.25, -0.2) is 0 Å². The number of anilines is 1. The van der Waals surface area contributed by atoms with Gasteiger partial charge in [-0.3, -0.25) is 14.6 Å². The van der Waals surface area contributed by atoms with E-state index in [-0.39, 0.29) is 6.54 Å². The van der Waals surface area contributed by atoms with Crippen LogP contribution in [0.3, 0.4) is 0 Å². The molecule has 100 valence electrons. The molecule has 0 bridgehead atoms. The van der Waals surface area contributed by atoms with E-state index in [0.29, 0.717) is 16.3 Å². The summed E-state index contributed by atoms with van der Waals surface area (Å²) >= 11 is 6.05. The number of Topliss-reactive ketones (excluding diaryl/α,β-unsaturated/α-hetero) is 1. The molecule has 0 spiro atoms. The second kappa shape index (κ2) is 4.72. The van der Waals surface area contributed by atoms with E-state index in [1.54, 1.807) is 24.4 Å². The number of ketones is 1. The highest BCUT2D eigenvalue weighted by molar-refractivity contribution is 6.52. The van der Waals surface area contributed by atoms with Crippen LogP contribution in [0.1, 0.15) is 21.5 Å². The number of carbonyl (C=O) groups excluding carboxylic acids is 2. The number of pyridine rings is 1. The minimum atomic E-state index is -0.515. The summed E-state index contributed by atoms with van der Waals surface area (Å²) in [7, 11) is 0. The average Bonchev–Trinajstić information content (AvgIpc) is 2.66. The number of benzene rings is 1. The van der Waals surface area contributed by atoms with Gasteiger partial charge in [0.15, 0.2) is 0 Å². The molecule has 0 aliphatic carbocycles. The molecule has 0 fully saturated rings. The van der Waals surface area contributed by atoms with Crippen molar-refractivity contribution < 1.29 is 9.59 Å². The first kappa shape index (κ1) is 12.8. The van der Waals surface area contributed by atoms with E-state index in [2.05, 4.69) is 4.98 Å². The monoisotopic (exact) mass is 286 g/mol. The topological polar surface area (TPSA) is 50.3 Å². The molecule has 0 atom stereocenters. The van der Waals surface area contributed by atoms with E-state index >= 15 is 0 Å². The van der Waals surface area contributed by atoms with Gasteiger partial charge in [0.05, 0.1) is 22.8 Å². The SMILES string of the molecule is Cc1ccc2c(c1)C(=O)C(=O)N2Cc1ccncc1Cl. The van der Waals surface area contributed by atoms with Crippen molar-refractivity contribution in [2.24, 2.45) is 0 Å². The summed E-state index contributed by atoms with van der Waals surface area (Å²) in [5, 5.41) is 0.480. The first-order valence-electron chi connectivity index (χ1n) is 6.13. The van der Waals surface area contributed by atoms with Gasteiger partial charge in [-0.2, -0.15) is 0 Å². The standard InChI is InChI=1S/C15H11ClN2O2/c1-9-2-3-13-11(6-9)14(19)15(20)18(13)8-10-4-5-17-7-12(10)16/h2-7H,8H2,1H3. The van der Waals surface area contributed by atoms with E-state index in [1.807, 2.05) is 13.0 Å². The van der Waals surface area contributed by atoms with Crippen LogP contribution in [-0.2, 0) is 11.3 Å². The number of fused-ring (bicyclic) bond motifs is 1. The minimum Gasteiger partial charge on any atom is -0.300 e. The third-order valence-electron chi connectivity index (χ3n) is 3.31. The molecule has 4 nitrogen and oxygen atoms in total. The van der Waals surface area contributed by atoms with Crippen molar-refractivity contribution in [3.63, 3.8) is 0 Å². The Kier molecular flexibility index (Phi) is 3.03. The molecule has 3 rings (SSSR count). The zero-order chi connectivity index (χ0) is 14.3. The molecule has 1 aliphatic rings. The lowest BCUT2D eigenvalue weighted by Gasteiger charge is -2.17. The normalized spacial score (nSPS) is 13.8. The zero-order valence-electron chi connectivity index (χ0n) is 10.8. The lowest BCUT2D eigenvalue weighted by molar-refractivity contribution is -0.114. The van der Waals surface area contributed by atoms with Crippen LogP contribution >= 0.6 is 11.6 Å². The maximum absolute atomic E-state index is 12.1. The van der Waals surface area contributed by atoms with Crippen molar-refractivity contribution in [3.05, 3.63) is 58.4 Å². The lowest BCUT2D eigenvalue weighted by Crippen LogP contribution is -2.29. The van der Waals surface area contributed by atoms with Gasteiger partial charge in [-0.15, -0.1) is 0 Å². The quantitative estimate of drug-likeness (QED) is 0.798. The average molecular weight is 287 g/mol. The molecule has 1 aromatic heterocycles. The summed E-state index contributed by atoms with van der Waals surface area (Å²) < 4.78 is 0. The Morgan fingerprint density at radius 1 is 1.25 bits per heavy atom. The number of rotatable bonds is 2. The summed E-state index contributed by atoms with van der Waals surface area (Å²) in [6.45, 7) is 2.16. The first-order valence-corrected chi connectivity index (χ1v) is 6.51. The Hall–Kier alpha value is -2.20. The Morgan fingerprint density at radius 3 is 2.80 bits per heavy atom. The van der Waals surface area contributed by atoms with Crippen LogP contribution in [0.2, 0.25) is 5.02 Å². The molecular formula is C15H11ClN2O2. The summed E-state index contributed by atoms with van der Waals surface area (Å²) in [6, 6.07) is 7.16. The molecule has 20 heavy (non-hydrogen) atoms. The van der Waals surface area contributed by atoms with Crippen molar-refractivity contribution >= 4 is 29.0 Å². The Bertz CT molecular complexity index is 728. The number of nitrogens with zero attached hydrogens (tertiary/aromatic N) is 2. The van der Waals surface area contributed by atoms with Crippen molar-refractivity contribution in [1.29, 1.82) is 0 Å².